The number of nitrogens with two attached hydrogens (primary N) is 1. The largest absolute Gasteiger partial charge is 0.464 e. The Morgan fingerprint density at radius 1 is 1.27 bits per heavy atom. The van der Waals surface area contributed by atoms with E-state index in [0.717, 1.165) is 12.8 Å². The van der Waals surface area contributed by atoms with E-state index in [1.807, 2.05) is 6.92 Å². The first-order valence-electron chi connectivity index (χ1n) is 8.58. The quantitative estimate of drug-likeness (QED) is 0.815. The standard InChI is InChI=1S/C18H23N3O4S/c1-12(19)13-7-10-21(11-8-13)26(23,24)16-5-3-4-15-14(16)6-9-20-17(15)18(22)25-2/h3-6,9,12-13H,7-8,10-11,19H2,1-2H3. The van der Waals surface area contributed by atoms with E-state index in [2.05, 4.69) is 4.98 Å². The number of pyridine rings is 1. The second-order valence-corrected chi connectivity index (χ2v) is 8.51. The minimum absolute atomic E-state index is 0.0612. The van der Waals surface area contributed by atoms with E-state index in [-0.39, 0.29) is 16.6 Å². The van der Waals surface area contributed by atoms with Crippen molar-refractivity contribution in [2.75, 3.05) is 20.2 Å². The van der Waals surface area contributed by atoms with Gasteiger partial charge in [0, 0.05) is 36.1 Å². The summed E-state index contributed by atoms with van der Waals surface area (Å²) in [6.45, 7) is 2.85. The van der Waals surface area contributed by atoms with Crippen molar-refractivity contribution in [2.45, 2.75) is 30.7 Å². The van der Waals surface area contributed by atoms with Crippen LogP contribution in [0.4, 0.5) is 0 Å². The van der Waals surface area contributed by atoms with Crippen LogP contribution in [0.1, 0.15) is 30.3 Å². The number of rotatable bonds is 4. The number of carbonyl (C=O) groups excluding carboxylic acids is 1. The second-order valence-electron chi connectivity index (χ2n) is 6.60. The van der Waals surface area contributed by atoms with Crippen LogP contribution < -0.4 is 5.73 Å². The fraction of sp³-hybridized carbons (Fsp3) is 0.444. The van der Waals surface area contributed by atoms with Gasteiger partial charge in [0.2, 0.25) is 10.0 Å². The molecule has 1 atom stereocenters. The number of aromatic nitrogens is 1. The van der Waals surface area contributed by atoms with Crippen molar-refractivity contribution in [1.29, 1.82) is 0 Å². The maximum Gasteiger partial charge on any atom is 0.357 e. The summed E-state index contributed by atoms with van der Waals surface area (Å²) in [7, 11) is -2.40. The van der Waals surface area contributed by atoms with Gasteiger partial charge in [0.05, 0.1) is 12.0 Å². The SMILES string of the molecule is COC(=O)c1nccc2c(S(=O)(=O)N3CCC(C(C)N)CC3)cccc12. The summed E-state index contributed by atoms with van der Waals surface area (Å²) in [4.78, 5) is 16.2. The number of piperidine rings is 1. The van der Waals surface area contributed by atoms with Crippen LogP contribution in [-0.2, 0) is 14.8 Å². The van der Waals surface area contributed by atoms with Gasteiger partial charge in [-0.15, -0.1) is 0 Å². The van der Waals surface area contributed by atoms with Crippen molar-refractivity contribution in [1.82, 2.24) is 9.29 Å². The number of sulfonamides is 1. The van der Waals surface area contributed by atoms with E-state index in [1.54, 1.807) is 24.3 Å². The molecule has 7 nitrogen and oxygen atoms in total. The molecule has 1 aliphatic heterocycles. The molecule has 0 amide bonds. The first-order valence-corrected chi connectivity index (χ1v) is 10.0. The van der Waals surface area contributed by atoms with Gasteiger partial charge in [0.25, 0.3) is 0 Å². The lowest BCUT2D eigenvalue weighted by atomic mass is 9.92. The lowest BCUT2D eigenvalue weighted by molar-refractivity contribution is 0.0596. The van der Waals surface area contributed by atoms with E-state index in [4.69, 9.17) is 10.5 Å². The molecule has 1 aliphatic rings. The van der Waals surface area contributed by atoms with E-state index < -0.39 is 16.0 Å². The Bertz CT molecular complexity index is 919. The van der Waals surface area contributed by atoms with Crippen LogP contribution in [-0.4, -0.2) is 49.9 Å². The van der Waals surface area contributed by atoms with Gasteiger partial charge < -0.3 is 10.5 Å². The zero-order valence-corrected chi connectivity index (χ0v) is 15.7. The number of methoxy groups -OCH3 is 1. The van der Waals surface area contributed by atoms with Gasteiger partial charge in [0.1, 0.15) is 0 Å². The molecule has 1 aromatic heterocycles. The molecule has 0 radical (unpaired) electrons. The molecular formula is C18H23N3O4S. The summed E-state index contributed by atoms with van der Waals surface area (Å²) in [5.41, 5.74) is 6.06. The smallest absolute Gasteiger partial charge is 0.357 e. The summed E-state index contributed by atoms with van der Waals surface area (Å²) >= 11 is 0. The van der Waals surface area contributed by atoms with Crippen LogP contribution in [0.5, 0.6) is 0 Å². The van der Waals surface area contributed by atoms with Gasteiger partial charge in [-0.3, -0.25) is 0 Å². The Hall–Kier alpha value is -2.03. The fourth-order valence-electron chi connectivity index (χ4n) is 3.44. The third-order valence-corrected chi connectivity index (χ3v) is 6.96. The lowest BCUT2D eigenvalue weighted by Crippen LogP contribution is -2.42. The normalized spacial score (nSPS) is 18.0. The number of hydrogen-bond donors (Lipinski definition) is 1. The highest BCUT2D eigenvalue weighted by Gasteiger charge is 2.32. The number of esters is 1. The average molecular weight is 377 g/mol. The lowest BCUT2D eigenvalue weighted by Gasteiger charge is -2.33. The molecule has 2 N–H and O–H groups in total. The monoisotopic (exact) mass is 377 g/mol. The molecule has 0 aliphatic carbocycles. The number of carbonyl (C=O) groups is 1. The number of benzene rings is 1. The molecule has 0 spiro atoms. The predicted octanol–water partition coefficient (Wildman–Crippen LogP) is 1.77. The summed E-state index contributed by atoms with van der Waals surface area (Å²) in [5, 5.41) is 0.933. The third kappa shape index (κ3) is 3.32. The van der Waals surface area contributed by atoms with E-state index in [9.17, 15) is 13.2 Å². The van der Waals surface area contributed by atoms with Crippen molar-refractivity contribution in [2.24, 2.45) is 11.7 Å². The molecule has 1 unspecified atom stereocenters. The van der Waals surface area contributed by atoms with Crippen molar-refractivity contribution in [3.8, 4) is 0 Å². The molecule has 1 fully saturated rings. The highest BCUT2D eigenvalue weighted by atomic mass is 32.2. The molecule has 8 heteroatoms. The summed E-state index contributed by atoms with van der Waals surface area (Å²) < 4.78 is 32.6. The Kier molecular flexibility index (Phi) is 5.27. The number of fused-ring (bicyclic) bond motifs is 1. The molecular weight excluding hydrogens is 354 g/mol. The van der Waals surface area contributed by atoms with Crippen molar-refractivity contribution >= 4 is 26.8 Å². The molecule has 3 rings (SSSR count). The summed E-state index contributed by atoms with van der Waals surface area (Å²) in [6, 6.07) is 6.54. The van der Waals surface area contributed by atoms with Crippen LogP contribution in [0.2, 0.25) is 0 Å². The van der Waals surface area contributed by atoms with Gasteiger partial charge in [-0.25, -0.2) is 18.2 Å². The summed E-state index contributed by atoms with van der Waals surface area (Å²) in [6.07, 6.45) is 2.92. The van der Waals surface area contributed by atoms with Gasteiger partial charge in [-0.1, -0.05) is 12.1 Å². The molecule has 2 aromatic rings. The number of hydrogen-bond acceptors (Lipinski definition) is 6. The predicted molar refractivity (Wildman–Crippen MR) is 98.2 cm³/mol. The molecule has 2 heterocycles. The maximum absolute atomic E-state index is 13.2. The third-order valence-electron chi connectivity index (χ3n) is 5.00. The Labute approximate surface area is 153 Å². The first kappa shape index (κ1) is 18.8. The minimum Gasteiger partial charge on any atom is -0.464 e. The zero-order valence-electron chi connectivity index (χ0n) is 14.9. The first-order chi connectivity index (χ1) is 12.4. The topological polar surface area (TPSA) is 103 Å². The minimum atomic E-state index is -3.67. The number of nitrogens with zero attached hydrogens (tertiary/aromatic N) is 2. The van der Waals surface area contributed by atoms with Gasteiger partial charge in [-0.05, 0) is 37.8 Å². The van der Waals surface area contributed by atoms with Gasteiger partial charge in [0.15, 0.2) is 5.69 Å². The highest BCUT2D eigenvalue weighted by molar-refractivity contribution is 7.89. The van der Waals surface area contributed by atoms with Crippen molar-refractivity contribution < 1.29 is 17.9 Å². The van der Waals surface area contributed by atoms with Gasteiger partial charge in [-0.2, -0.15) is 4.31 Å². The number of ether oxygens (including phenoxy) is 1. The second kappa shape index (κ2) is 7.30. The molecule has 0 bridgehead atoms. The van der Waals surface area contributed by atoms with E-state index >= 15 is 0 Å². The van der Waals surface area contributed by atoms with E-state index in [0.29, 0.717) is 29.8 Å². The Morgan fingerprint density at radius 3 is 2.58 bits per heavy atom. The Balaban J connectivity index is 2.01. The van der Waals surface area contributed by atoms with Crippen LogP contribution in [0.3, 0.4) is 0 Å². The molecule has 1 saturated heterocycles. The van der Waals surface area contributed by atoms with E-state index in [1.165, 1.54) is 17.6 Å². The molecule has 26 heavy (non-hydrogen) atoms. The van der Waals surface area contributed by atoms with Crippen LogP contribution >= 0.6 is 0 Å². The van der Waals surface area contributed by atoms with Crippen molar-refractivity contribution in [3.05, 3.63) is 36.2 Å². The van der Waals surface area contributed by atoms with Crippen LogP contribution in [0, 0.1) is 5.92 Å². The zero-order chi connectivity index (χ0) is 18.9. The molecule has 1 aromatic carbocycles. The summed E-state index contributed by atoms with van der Waals surface area (Å²) in [5.74, 6) is -0.257. The van der Waals surface area contributed by atoms with Gasteiger partial charge >= 0.3 is 5.97 Å². The van der Waals surface area contributed by atoms with Crippen molar-refractivity contribution in [3.63, 3.8) is 0 Å². The maximum atomic E-state index is 13.2. The molecule has 140 valence electrons. The fourth-order valence-corrected chi connectivity index (χ4v) is 5.12. The Morgan fingerprint density at radius 2 is 1.96 bits per heavy atom. The molecule has 0 saturated carbocycles. The average Bonchev–Trinajstić information content (AvgIpc) is 2.66. The highest BCUT2D eigenvalue weighted by Crippen LogP contribution is 2.30. The van der Waals surface area contributed by atoms with Crippen LogP contribution in [0.25, 0.3) is 10.8 Å². The van der Waals surface area contributed by atoms with Crippen LogP contribution in [0.15, 0.2) is 35.4 Å².